The smallest absolute Gasteiger partial charge is 0.157 e. The molecule has 0 saturated carbocycles. The van der Waals surface area contributed by atoms with Crippen molar-refractivity contribution in [3.8, 4) is 5.82 Å². The van der Waals surface area contributed by atoms with Crippen LogP contribution in [0, 0.1) is 0 Å². The molecule has 104 valence electrons. The summed E-state index contributed by atoms with van der Waals surface area (Å²) in [5.74, 6) is 2.11. The number of hydrogen-bond acceptors (Lipinski definition) is 4. The second kappa shape index (κ2) is 4.11. The van der Waals surface area contributed by atoms with E-state index in [1.807, 2.05) is 17.0 Å². The first-order valence-corrected chi connectivity index (χ1v) is 7.38. The van der Waals surface area contributed by atoms with Crippen molar-refractivity contribution < 1.29 is 0 Å². The molecule has 5 heteroatoms. The lowest BCUT2D eigenvalue weighted by Gasteiger charge is -2.19. The molecule has 1 aliphatic heterocycles. The van der Waals surface area contributed by atoms with Gasteiger partial charge in [-0.25, -0.2) is 9.97 Å². The highest BCUT2D eigenvalue weighted by molar-refractivity contribution is 5.78. The van der Waals surface area contributed by atoms with Gasteiger partial charge in [-0.3, -0.25) is 9.55 Å². The molecule has 2 aliphatic rings. The lowest BCUT2D eigenvalue weighted by molar-refractivity contribution is 0.454. The molecule has 2 atom stereocenters. The van der Waals surface area contributed by atoms with E-state index in [4.69, 9.17) is 4.98 Å². The zero-order chi connectivity index (χ0) is 13.8. The van der Waals surface area contributed by atoms with Gasteiger partial charge in [-0.1, -0.05) is 0 Å². The van der Waals surface area contributed by atoms with Crippen molar-refractivity contribution in [2.24, 2.45) is 0 Å². The van der Waals surface area contributed by atoms with Crippen LogP contribution in [0.25, 0.3) is 16.9 Å². The zero-order valence-corrected chi connectivity index (χ0v) is 11.5. The number of nitrogens with zero attached hydrogens (tertiary/aromatic N) is 4. The second-order valence-electron chi connectivity index (χ2n) is 5.96. The van der Waals surface area contributed by atoms with Gasteiger partial charge in [0.2, 0.25) is 0 Å². The monoisotopic (exact) mass is 277 g/mol. The maximum Gasteiger partial charge on any atom is 0.157 e. The fourth-order valence-corrected chi connectivity index (χ4v) is 3.72. The Morgan fingerprint density at radius 2 is 1.90 bits per heavy atom. The third kappa shape index (κ3) is 1.64. The van der Waals surface area contributed by atoms with Crippen LogP contribution in [0.3, 0.4) is 0 Å². The van der Waals surface area contributed by atoms with Crippen LogP contribution in [0.2, 0.25) is 0 Å². The summed E-state index contributed by atoms with van der Waals surface area (Å²) in [4.78, 5) is 13.4. The molecule has 1 N–H and O–H groups in total. The highest BCUT2D eigenvalue weighted by Gasteiger charge is 2.34. The van der Waals surface area contributed by atoms with Crippen LogP contribution in [0.4, 0.5) is 0 Å². The molecule has 21 heavy (non-hydrogen) atoms. The van der Waals surface area contributed by atoms with E-state index in [1.54, 1.807) is 12.5 Å². The van der Waals surface area contributed by atoms with Crippen molar-refractivity contribution in [2.75, 3.05) is 13.1 Å². The van der Waals surface area contributed by atoms with Crippen molar-refractivity contribution in [3.05, 3.63) is 48.2 Å². The van der Waals surface area contributed by atoms with Crippen molar-refractivity contribution in [1.29, 1.82) is 0 Å². The Balaban J connectivity index is 1.70. The zero-order valence-electron chi connectivity index (χ0n) is 11.5. The number of aromatic nitrogens is 4. The molecule has 2 unspecified atom stereocenters. The van der Waals surface area contributed by atoms with Gasteiger partial charge in [0.1, 0.15) is 6.33 Å². The van der Waals surface area contributed by atoms with Crippen LogP contribution in [0.15, 0.2) is 37.1 Å². The molecule has 0 amide bonds. The summed E-state index contributed by atoms with van der Waals surface area (Å²) in [5, 5.41) is 3.53. The molecule has 0 radical (unpaired) electrons. The van der Waals surface area contributed by atoms with Crippen molar-refractivity contribution in [3.63, 3.8) is 0 Å². The Kier molecular flexibility index (Phi) is 2.23. The predicted octanol–water partition coefficient (Wildman–Crippen LogP) is 1.99. The number of nitrogens with one attached hydrogen (secondary N) is 1. The van der Waals surface area contributed by atoms with E-state index in [9.17, 15) is 0 Å². The molecular formula is C16H15N5. The van der Waals surface area contributed by atoms with Crippen LogP contribution < -0.4 is 5.32 Å². The van der Waals surface area contributed by atoms with E-state index in [2.05, 4.69) is 27.4 Å². The lowest BCUT2D eigenvalue weighted by atomic mass is 9.98. The van der Waals surface area contributed by atoms with Gasteiger partial charge in [-0.2, -0.15) is 0 Å². The maximum atomic E-state index is 4.75. The number of imidazole rings is 1. The quantitative estimate of drug-likeness (QED) is 0.739. The minimum atomic E-state index is 0.641. The van der Waals surface area contributed by atoms with E-state index >= 15 is 0 Å². The molecule has 1 aromatic carbocycles. The summed E-state index contributed by atoms with van der Waals surface area (Å²) in [6, 6.07) is 4.49. The molecule has 3 heterocycles. The van der Waals surface area contributed by atoms with Crippen LogP contribution in [-0.4, -0.2) is 32.6 Å². The van der Waals surface area contributed by atoms with Gasteiger partial charge >= 0.3 is 0 Å². The minimum absolute atomic E-state index is 0.641. The van der Waals surface area contributed by atoms with Crippen LogP contribution in [0.1, 0.15) is 29.4 Å². The molecule has 1 aliphatic carbocycles. The van der Waals surface area contributed by atoms with E-state index < -0.39 is 0 Å². The lowest BCUT2D eigenvalue weighted by Crippen LogP contribution is -2.28. The van der Waals surface area contributed by atoms with E-state index in [0.29, 0.717) is 11.8 Å². The standard InChI is InChI=1S/C16H15N5/c1-2-21(9-17-1)16-8-19-14-4-12-10-3-11(7-18-6-10)13(12)5-15(14)20-16/h1-2,4-5,8-11,18H,3,6-7H2. The molecule has 3 aromatic rings. The largest absolute Gasteiger partial charge is 0.316 e. The van der Waals surface area contributed by atoms with Crippen LogP contribution in [0.5, 0.6) is 0 Å². The molecule has 5 nitrogen and oxygen atoms in total. The van der Waals surface area contributed by atoms with E-state index in [1.165, 1.54) is 17.5 Å². The Bertz CT molecular complexity index is 824. The topological polar surface area (TPSA) is 55.6 Å². The molecule has 0 spiro atoms. The van der Waals surface area contributed by atoms with Crippen molar-refractivity contribution >= 4 is 11.0 Å². The predicted molar refractivity (Wildman–Crippen MR) is 79.6 cm³/mol. The average molecular weight is 277 g/mol. The van der Waals surface area contributed by atoms with Gasteiger partial charge in [0, 0.05) is 25.5 Å². The molecule has 2 aromatic heterocycles. The molecular weight excluding hydrogens is 262 g/mol. The first-order valence-electron chi connectivity index (χ1n) is 7.38. The number of benzene rings is 1. The SMILES string of the molecule is c1cn(-c2cnc3cc4c(cc3n2)C2CNCC4C2)cn1. The summed E-state index contributed by atoms with van der Waals surface area (Å²) in [6.07, 6.45) is 8.48. The van der Waals surface area contributed by atoms with Gasteiger partial charge in [-0.15, -0.1) is 0 Å². The van der Waals surface area contributed by atoms with Gasteiger partial charge < -0.3 is 5.32 Å². The summed E-state index contributed by atoms with van der Waals surface area (Å²) in [6.45, 7) is 2.18. The summed E-state index contributed by atoms with van der Waals surface area (Å²) in [7, 11) is 0. The molecule has 2 bridgehead atoms. The highest BCUT2D eigenvalue weighted by Crippen LogP contribution is 2.44. The van der Waals surface area contributed by atoms with Gasteiger partial charge in [0.15, 0.2) is 5.82 Å². The first-order chi connectivity index (χ1) is 10.4. The Morgan fingerprint density at radius 3 is 2.67 bits per heavy atom. The van der Waals surface area contributed by atoms with Crippen molar-refractivity contribution in [2.45, 2.75) is 18.3 Å². The summed E-state index contributed by atoms with van der Waals surface area (Å²) in [5.41, 5.74) is 4.91. The maximum absolute atomic E-state index is 4.75. The second-order valence-corrected chi connectivity index (χ2v) is 5.96. The first kappa shape index (κ1) is 11.4. The van der Waals surface area contributed by atoms with Crippen LogP contribution in [-0.2, 0) is 0 Å². The van der Waals surface area contributed by atoms with E-state index in [0.717, 1.165) is 29.9 Å². The minimum Gasteiger partial charge on any atom is -0.316 e. The Hall–Kier alpha value is -2.27. The Labute approximate surface area is 122 Å². The molecule has 1 saturated heterocycles. The highest BCUT2D eigenvalue weighted by atomic mass is 15.1. The number of piperidine rings is 1. The fourth-order valence-electron chi connectivity index (χ4n) is 3.72. The molecule has 5 rings (SSSR count). The van der Waals surface area contributed by atoms with Gasteiger partial charge in [0.05, 0.1) is 17.2 Å². The summed E-state index contributed by atoms with van der Waals surface area (Å²) < 4.78 is 1.89. The Morgan fingerprint density at radius 1 is 1.10 bits per heavy atom. The third-order valence-electron chi connectivity index (χ3n) is 4.73. The van der Waals surface area contributed by atoms with Crippen molar-refractivity contribution in [1.82, 2.24) is 24.8 Å². The number of rotatable bonds is 1. The van der Waals surface area contributed by atoms with Gasteiger partial charge in [-0.05, 0) is 41.5 Å². The molecule has 1 fully saturated rings. The number of hydrogen-bond donors (Lipinski definition) is 1. The number of fused-ring (bicyclic) bond motifs is 6. The van der Waals surface area contributed by atoms with E-state index in [-0.39, 0.29) is 0 Å². The average Bonchev–Trinajstić information content (AvgIpc) is 3.14. The third-order valence-corrected chi connectivity index (χ3v) is 4.73. The van der Waals surface area contributed by atoms with Crippen LogP contribution >= 0.6 is 0 Å². The summed E-state index contributed by atoms with van der Waals surface area (Å²) >= 11 is 0. The fraction of sp³-hybridized carbons (Fsp3) is 0.312. The normalized spacial score (nSPS) is 23.4. The van der Waals surface area contributed by atoms with Gasteiger partial charge in [0.25, 0.3) is 0 Å².